The van der Waals surface area contributed by atoms with E-state index in [0.29, 0.717) is 17.9 Å². The van der Waals surface area contributed by atoms with Crippen LogP contribution in [0.1, 0.15) is 56.2 Å². The van der Waals surface area contributed by atoms with E-state index in [9.17, 15) is 0 Å². The van der Waals surface area contributed by atoms with Crippen LogP contribution in [0.15, 0.2) is 18.2 Å². The molecule has 1 aromatic carbocycles. The standard InChI is InChI=1S/C17H27ClN2/c1-4-13(5-2)15-7-6-14(9-16(15)18)17-8-12(10-19)11-20(17)3/h6-7,9,12-13,17H,4-5,8,10-11,19H2,1-3H3. The fourth-order valence-corrected chi connectivity index (χ4v) is 3.82. The monoisotopic (exact) mass is 294 g/mol. The van der Waals surface area contributed by atoms with Crippen LogP contribution < -0.4 is 5.73 Å². The molecular weight excluding hydrogens is 268 g/mol. The molecule has 1 fully saturated rings. The second kappa shape index (κ2) is 6.93. The van der Waals surface area contributed by atoms with Crippen molar-refractivity contribution in [1.82, 2.24) is 4.90 Å². The fourth-order valence-electron chi connectivity index (χ4n) is 3.48. The Balaban J connectivity index is 2.21. The van der Waals surface area contributed by atoms with Gasteiger partial charge in [0.2, 0.25) is 0 Å². The van der Waals surface area contributed by atoms with Gasteiger partial charge in [0.15, 0.2) is 0 Å². The summed E-state index contributed by atoms with van der Waals surface area (Å²) < 4.78 is 0. The molecule has 112 valence electrons. The molecule has 2 N–H and O–H groups in total. The minimum atomic E-state index is 0.469. The number of hydrogen-bond acceptors (Lipinski definition) is 2. The molecule has 0 bridgehead atoms. The van der Waals surface area contributed by atoms with Crippen molar-refractivity contribution in [3.05, 3.63) is 34.3 Å². The van der Waals surface area contributed by atoms with Crippen LogP contribution in [0.5, 0.6) is 0 Å². The van der Waals surface area contributed by atoms with E-state index < -0.39 is 0 Å². The minimum absolute atomic E-state index is 0.469. The molecule has 0 aromatic heterocycles. The molecule has 0 amide bonds. The Morgan fingerprint density at radius 3 is 2.55 bits per heavy atom. The zero-order chi connectivity index (χ0) is 14.7. The minimum Gasteiger partial charge on any atom is -0.330 e. The van der Waals surface area contributed by atoms with E-state index in [-0.39, 0.29) is 0 Å². The van der Waals surface area contributed by atoms with Crippen LogP contribution in [0, 0.1) is 5.92 Å². The van der Waals surface area contributed by atoms with Gasteiger partial charge in [-0.1, -0.05) is 37.6 Å². The molecule has 1 aliphatic heterocycles. The van der Waals surface area contributed by atoms with Gasteiger partial charge in [-0.05, 0) is 61.9 Å². The van der Waals surface area contributed by atoms with Crippen molar-refractivity contribution >= 4 is 11.6 Å². The highest BCUT2D eigenvalue weighted by Crippen LogP contribution is 2.37. The largest absolute Gasteiger partial charge is 0.330 e. The molecule has 3 heteroatoms. The summed E-state index contributed by atoms with van der Waals surface area (Å²) in [5.41, 5.74) is 8.45. The van der Waals surface area contributed by atoms with Crippen LogP contribution in [0.4, 0.5) is 0 Å². The molecule has 2 unspecified atom stereocenters. The summed E-state index contributed by atoms with van der Waals surface area (Å²) in [5, 5.41) is 0.931. The summed E-state index contributed by atoms with van der Waals surface area (Å²) in [7, 11) is 2.18. The highest BCUT2D eigenvalue weighted by Gasteiger charge is 2.30. The number of rotatable bonds is 5. The molecule has 2 nitrogen and oxygen atoms in total. The Hall–Kier alpha value is -0.570. The van der Waals surface area contributed by atoms with Crippen LogP contribution in [0.2, 0.25) is 5.02 Å². The molecule has 20 heavy (non-hydrogen) atoms. The average Bonchev–Trinajstić information content (AvgIpc) is 2.83. The lowest BCUT2D eigenvalue weighted by Gasteiger charge is -2.22. The average molecular weight is 295 g/mol. The van der Waals surface area contributed by atoms with Gasteiger partial charge >= 0.3 is 0 Å². The quantitative estimate of drug-likeness (QED) is 0.882. The molecule has 0 saturated carbocycles. The number of nitrogens with two attached hydrogens (primary N) is 1. The summed E-state index contributed by atoms with van der Waals surface area (Å²) in [6.07, 6.45) is 3.44. The third kappa shape index (κ3) is 3.19. The first-order valence-electron chi connectivity index (χ1n) is 7.80. The molecular formula is C17H27ClN2. The van der Waals surface area contributed by atoms with E-state index in [1.54, 1.807) is 0 Å². The van der Waals surface area contributed by atoms with Crippen molar-refractivity contribution in [2.24, 2.45) is 11.7 Å². The second-order valence-corrected chi connectivity index (χ2v) is 6.49. The van der Waals surface area contributed by atoms with Crippen molar-refractivity contribution in [3.63, 3.8) is 0 Å². The summed E-state index contributed by atoms with van der Waals surface area (Å²) in [6.45, 7) is 6.33. The maximum Gasteiger partial charge on any atom is 0.0444 e. The lowest BCUT2D eigenvalue weighted by molar-refractivity contribution is 0.313. The third-order valence-electron chi connectivity index (χ3n) is 4.80. The van der Waals surface area contributed by atoms with Crippen LogP contribution >= 0.6 is 11.6 Å². The number of nitrogens with zero attached hydrogens (tertiary/aromatic N) is 1. The van der Waals surface area contributed by atoms with Gasteiger partial charge in [0.1, 0.15) is 0 Å². The molecule has 1 saturated heterocycles. The Morgan fingerprint density at radius 2 is 2.05 bits per heavy atom. The molecule has 0 spiro atoms. The van der Waals surface area contributed by atoms with Crippen molar-refractivity contribution in [3.8, 4) is 0 Å². The topological polar surface area (TPSA) is 29.3 Å². The lowest BCUT2D eigenvalue weighted by atomic mass is 9.91. The van der Waals surface area contributed by atoms with Gasteiger partial charge in [0.05, 0.1) is 0 Å². The number of halogens is 1. The van der Waals surface area contributed by atoms with Gasteiger partial charge in [0, 0.05) is 17.6 Å². The molecule has 1 aliphatic rings. The first kappa shape index (κ1) is 15.8. The van der Waals surface area contributed by atoms with E-state index in [1.165, 1.54) is 11.1 Å². The SMILES string of the molecule is CCC(CC)c1ccc(C2CC(CN)CN2C)cc1Cl. The first-order valence-corrected chi connectivity index (χ1v) is 8.18. The number of benzene rings is 1. The molecule has 0 radical (unpaired) electrons. The van der Waals surface area contributed by atoms with Crippen molar-refractivity contribution in [2.45, 2.75) is 45.1 Å². The third-order valence-corrected chi connectivity index (χ3v) is 5.13. The van der Waals surface area contributed by atoms with Gasteiger partial charge < -0.3 is 5.73 Å². The number of hydrogen-bond donors (Lipinski definition) is 1. The van der Waals surface area contributed by atoms with Crippen molar-refractivity contribution in [2.75, 3.05) is 20.1 Å². The molecule has 2 rings (SSSR count). The van der Waals surface area contributed by atoms with E-state index in [4.69, 9.17) is 17.3 Å². The van der Waals surface area contributed by atoms with Crippen molar-refractivity contribution < 1.29 is 0 Å². The van der Waals surface area contributed by atoms with Crippen LogP contribution in [-0.4, -0.2) is 25.0 Å². The van der Waals surface area contributed by atoms with E-state index >= 15 is 0 Å². The summed E-state index contributed by atoms with van der Waals surface area (Å²) in [5.74, 6) is 1.19. The smallest absolute Gasteiger partial charge is 0.0444 e. The maximum absolute atomic E-state index is 6.53. The predicted molar refractivity (Wildman–Crippen MR) is 87.3 cm³/mol. The first-order chi connectivity index (χ1) is 9.60. The highest BCUT2D eigenvalue weighted by atomic mass is 35.5. The normalized spacial score (nSPS) is 23.7. The van der Waals surface area contributed by atoms with Gasteiger partial charge in [-0.3, -0.25) is 4.90 Å². The number of likely N-dealkylation sites (tertiary alicyclic amines) is 1. The van der Waals surface area contributed by atoms with Crippen LogP contribution in [0.25, 0.3) is 0 Å². The summed E-state index contributed by atoms with van der Waals surface area (Å²) >= 11 is 6.53. The Labute approximate surface area is 128 Å². The summed E-state index contributed by atoms with van der Waals surface area (Å²) in [6, 6.07) is 7.14. The zero-order valence-electron chi connectivity index (χ0n) is 12.9. The van der Waals surface area contributed by atoms with Gasteiger partial charge in [0.25, 0.3) is 0 Å². The molecule has 0 aliphatic carbocycles. The van der Waals surface area contributed by atoms with E-state index in [2.05, 4.69) is 44.0 Å². The lowest BCUT2D eigenvalue weighted by Crippen LogP contribution is -2.20. The predicted octanol–water partition coefficient (Wildman–Crippen LogP) is 4.20. The zero-order valence-corrected chi connectivity index (χ0v) is 13.7. The maximum atomic E-state index is 6.53. The van der Waals surface area contributed by atoms with Crippen LogP contribution in [0.3, 0.4) is 0 Å². The molecule has 1 heterocycles. The van der Waals surface area contributed by atoms with E-state index in [0.717, 1.165) is 37.4 Å². The Kier molecular flexibility index (Phi) is 5.48. The fraction of sp³-hybridized carbons (Fsp3) is 0.647. The van der Waals surface area contributed by atoms with E-state index in [1.807, 2.05) is 0 Å². The van der Waals surface area contributed by atoms with Gasteiger partial charge in [-0.2, -0.15) is 0 Å². The van der Waals surface area contributed by atoms with Crippen molar-refractivity contribution in [1.29, 1.82) is 0 Å². The second-order valence-electron chi connectivity index (χ2n) is 6.09. The van der Waals surface area contributed by atoms with Crippen LogP contribution in [-0.2, 0) is 0 Å². The summed E-state index contributed by atoms with van der Waals surface area (Å²) in [4.78, 5) is 2.40. The van der Waals surface area contributed by atoms with Gasteiger partial charge in [-0.15, -0.1) is 0 Å². The Morgan fingerprint density at radius 1 is 1.35 bits per heavy atom. The Bertz CT molecular complexity index is 443. The molecule has 1 aromatic rings. The van der Waals surface area contributed by atoms with Gasteiger partial charge in [-0.25, -0.2) is 0 Å². The highest BCUT2D eigenvalue weighted by molar-refractivity contribution is 6.31. The molecule has 2 atom stereocenters.